The monoisotopic (exact) mass is 361 g/mol. The standard InChI is InChI=1S/C15H11N3O8/c19-9-1-2-10(20)16(9)8(17-11(21)3-4-12(17)22)7-15(25)26-18-13(23)5-6-14(18)24/h1-4,8H,5-7H2. The number of nitrogens with zero attached hydrogens (tertiary/aromatic N) is 3. The Hall–Kier alpha value is -3.63. The van der Waals surface area contributed by atoms with E-state index < -0.39 is 54.0 Å². The maximum absolute atomic E-state index is 12.1. The normalized spacial score (nSPS) is 19.8. The summed E-state index contributed by atoms with van der Waals surface area (Å²) in [4.78, 5) is 88.5. The molecule has 0 atom stereocenters. The van der Waals surface area contributed by atoms with Gasteiger partial charge in [0.25, 0.3) is 35.4 Å². The van der Waals surface area contributed by atoms with Crippen molar-refractivity contribution in [2.75, 3.05) is 0 Å². The first-order valence-corrected chi connectivity index (χ1v) is 7.46. The molecule has 11 heteroatoms. The minimum atomic E-state index is -1.58. The quantitative estimate of drug-likeness (QED) is 0.521. The maximum Gasteiger partial charge on any atom is 0.337 e. The van der Waals surface area contributed by atoms with Gasteiger partial charge in [0.05, 0.1) is 6.42 Å². The lowest BCUT2D eigenvalue weighted by Crippen LogP contribution is -2.54. The predicted molar refractivity (Wildman–Crippen MR) is 77.6 cm³/mol. The van der Waals surface area contributed by atoms with Crippen LogP contribution >= 0.6 is 0 Å². The first-order chi connectivity index (χ1) is 12.3. The van der Waals surface area contributed by atoms with E-state index in [1.807, 2.05) is 0 Å². The zero-order chi connectivity index (χ0) is 19.0. The van der Waals surface area contributed by atoms with Crippen LogP contribution < -0.4 is 0 Å². The van der Waals surface area contributed by atoms with Crippen LogP contribution in [0.5, 0.6) is 0 Å². The van der Waals surface area contributed by atoms with Gasteiger partial charge >= 0.3 is 5.97 Å². The van der Waals surface area contributed by atoms with Crippen LogP contribution in [-0.4, -0.2) is 62.4 Å². The van der Waals surface area contributed by atoms with Gasteiger partial charge in [-0.3, -0.25) is 38.6 Å². The lowest BCUT2D eigenvalue weighted by molar-refractivity contribution is -0.199. The molecule has 3 rings (SSSR count). The summed E-state index contributed by atoms with van der Waals surface area (Å²) in [6.07, 6.45) is 1.08. The Bertz CT molecular complexity index is 733. The maximum atomic E-state index is 12.1. The van der Waals surface area contributed by atoms with Crippen LogP contribution in [-0.2, 0) is 38.4 Å². The summed E-state index contributed by atoms with van der Waals surface area (Å²) >= 11 is 0. The fraction of sp³-hybridized carbons (Fsp3) is 0.267. The Kier molecular flexibility index (Phi) is 4.20. The lowest BCUT2D eigenvalue weighted by Gasteiger charge is -2.31. The minimum Gasteiger partial charge on any atom is -0.330 e. The summed E-state index contributed by atoms with van der Waals surface area (Å²) in [6.45, 7) is 0. The molecule has 3 aliphatic heterocycles. The molecule has 0 aromatic rings. The van der Waals surface area contributed by atoms with Crippen molar-refractivity contribution >= 4 is 41.4 Å². The van der Waals surface area contributed by atoms with Crippen molar-refractivity contribution in [3.63, 3.8) is 0 Å². The molecule has 0 aromatic carbocycles. The van der Waals surface area contributed by atoms with Gasteiger partial charge in [-0.25, -0.2) is 4.79 Å². The van der Waals surface area contributed by atoms with Crippen molar-refractivity contribution < 1.29 is 38.4 Å². The van der Waals surface area contributed by atoms with E-state index in [4.69, 9.17) is 0 Å². The second-order valence-electron chi connectivity index (χ2n) is 5.49. The molecule has 0 radical (unpaired) electrons. The van der Waals surface area contributed by atoms with E-state index in [-0.39, 0.29) is 17.9 Å². The third kappa shape index (κ3) is 2.90. The number of rotatable bonds is 5. The first-order valence-electron chi connectivity index (χ1n) is 7.46. The molecule has 11 nitrogen and oxygen atoms in total. The first kappa shape index (κ1) is 17.2. The second-order valence-corrected chi connectivity index (χ2v) is 5.49. The van der Waals surface area contributed by atoms with E-state index in [0.29, 0.717) is 9.80 Å². The molecule has 0 saturated carbocycles. The SMILES string of the molecule is O=C(CC(N1C(=O)C=CC1=O)N1C(=O)C=CC1=O)ON1C(=O)CCC1=O. The molecular formula is C15H11N3O8. The summed E-state index contributed by atoms with van der Waals surface area (Å²) in [6, 6.07) is 0. The van der Waals surface area contributed by atoms with E-state index in [2.05, 4.69) is 4.84 Å². The molecule has 3 heterocycles. The molecule has 1 fully saturated rings. The second kappa shape index (κ2) is 6.35. The Morgan fingerprint density at radius 1 is 0.808 bits per heavy atom. The average Bonchev–Trinajstić information content (AvgIpc) is 3.20. The van der Waals surface area contributed by atoms with E-state index in [1.54, 1.807) is 0 Å². The Morgan fingerprint density at radius 3 is 1.58 bits per heavy atom. The van der Waals surface area contributed by atoms with Crippen LogP contribution in [0.1, 0.15) is 19.3 Å². The highest BCUT2D eigenvalue weighted by Crippen LogP contribution is 2.21. The van der Waals surface area contributed by atoms with E-state index in [9.17, 15) is 33.6 Å². The number of imide groups is 3. The molecule has 0 spiro atoms. The van der Waals surface area contributed by atoms with Crippen molar-refractivity contribution in [3.8, 4) is 0 Å². The molecule has 26 heavy (non-hydrogen) atoms. The lowest BCUT2D eigenvalue weighted by atomic mass is 10.2. The van der Waals surface area contributed by atoms with Gasteiger partial charge in [-0.2, -0.15) is 0 Å². The predicted octanol–water partition coefficient (Wildman–Crippen LogP) is -1.84. The molecule has 6 amide bonds. The largest absolute Gasteiger partial charge is 0.337 e. The van der Waals surface area contributed by atoms with E-state index >= 15 is 0 Å². The summed E-state index contributed by atoms with van der Waals surface area (Å²) in [5.74, 6) is -5.90. The van der Waals surface area contributed by atoms with Crippen molar-refractivity contribution in [1.29, 1.82) is 0 Å². The Balaban J connectivity index is 1.81. The summed E-state index contributed by atoms with van der Waals surface area (Å²) in [5, 5.41) is 0.289. The van der Waals surface area contributed by atoms with Crippen molar-refractivity contribution in [2.24, 2.45) is 0 Å². The van der Waals surface area contributed by atoms with Crippen LogP contribution in [0.4, 0.5) is 0 Å². The van der Waals surface area contributed by atoms with Gasteiger partial charge < -0.3 is 4.84 Å². The van der Waals surface area contributed by atoms with Gasteiger partial charge in [0, 0.05) is 37.1 Å². The number of carbonyl (C=O) groups is 7. The van der Waals surface area contributed by atoms with Crippen molar-refractivity contribution in [1.82, 2.24) is 14.9 Å². The molecule has 0 unspecified atom stereocenters. The van der Waals surface area contributed by atoms with E-state index in [0.717, 1.165) is 24.3 Å². The van der Waals surface area contributed by atoms with Gasteiger partial charge in [-0.05, 0) is 0 Å². The van der Waals surface area contributed by atoms with Gasteiger partial charge in [0.15, 0.2) is 0 Å². The molecule has 134 valence electrons. The smallest absolute Gasteiger partial charge is 0.330 e. The number of carbonyl (C=O) groups excluding carboxylic acids is 7. The highest BCUT2D eigenvalue weighted by Gasteiger charge is 2.43. The third-order valence-electron chi connectivity index (χ3n) is 3.83. The molecule has 0 aromatic heterocycles. The fourth-order valence-electron chi connectivity index (χ4n) is 2.66. The number of amides is 6. The molecule has 0 N–H and O–H groups in total. The van der Waals surface area contributed by atoms with Crippen LogP contribution in [0, 0.1) is 0 Å². The van der Waals surface area contributed by atoms with Crippen LogP contribution in [0.2, 0.25) is 0 Å². The fourth-order valence-corrected chi connectivity index (χ4v) is 2.66. The molecule has 0 aliphatic carbocycles. The van der Waals surface area contributed by atoms with Gasteiger partial charge in [0.2, 0.25) is 0 Å². The van der Waals surface area contributed by atoms with Crippen molar-refractivity contribution in [3.05, 3.63) is 24.3 Å². The Labute approximate surface area is 145 Å². The highest BCUT2D eigenvalue weighted by atomic mass is 16.7. The topological polar surface area (TPSA) is 138 Å². The van der Waals surface area contributed by atoms with Crippen molar-refractivity contribution in [2.45, 2.75) is 25.4 Å². The molecule has 0 bridgehead atoms. The number of hydrogen-bond donors (Lipinski definition) is 0. The highest BCUT2D eigenvalue weighted by molar-refractivity contribution is 6.16. The average molecular weight is 361 g/mol. The molecule has 3 aliphatic rings. The van der Waals surface area contributed by atoms with Crippen LogP contribution in [0.15, 0.2) is 24.3 Å². The van der Waals surface area contributed by atoms with Gasteiger partial charge in [0.1, 0.15) is 6.17 Å². The molecule has 1 saturated heterocycles. The van der Waals surface area contributed by atoms with E-state index in [1.165, 1.54) is 0 Å². The summed E-state index contributed by atoms with van der Waals surface area (Å²) in [7, 11) is 0. The zero-order valence-electron chi connectivity index (χ0n) is 13.1. The minimum absolute atomic E-state index is 0.116. The van der Waals surface area contributed by atoms with Crippen LogP contribution in [0.25, 0.3) is 0 Å². The van der Waals surface area contributed by atoms with Gasteiger partial charge in [-0.1, -0.05) is 0 Å². The van der Waals surface area contributed by atoms with Crippen LogP contribution in [0.3, 0.4) is 0 Å². The summed E-state index contributed by atoms with van der Waals surface area (Å²) < 4.78 is 0. The third-order valence-corrected chi connectivity index (χ3v) is 3.83. The number of hydrogen-bond acceptors (Lipinski definition) is 8. The molecular weight excluding hydrogens is 350 g/mol. The Morgan fingerprint density at radius 2 is 1.19 bits per heavy atom. The summed E-state index contributed by atoms with van der Waals surface area (Å²) in [5.41, 5.74) is 0. The zero-order valence-corrected chi connectivity index (χ0v) is 13.1. The van der Waals surface area contributed by atoms with Gasteiger partial charge in [-0.15, -0.1) is 5.06 Å². The number of hydroxylamine groups is 2.